The standard InChI is InChI=1S/C15H19NO5/c17-15(18)14-11(6-5-9-13(14)16(19)20)10-21-12-7-3-1-2-4-8-12/h5-6,9,12H,1-4,7-8,10H2,(H,17,18). The van der Waals surface area contributed by atoms with E-state index in [1.54, 1.807) is 6.07 Å². The van der Waals surface area contributed by atoms with Gasteiger partial charge in [-0.05, 0) is 18.4 Å². The van der Waals surface area contributed by atoms with Gasteiger partial charge in [-0.1, -0.05) is 37.8 Å². The van der Waals surface area contributed by atoms with Crippen molar-refractivity contribution in [1.82, 2.24) is 0 Å². The van der Waals surface area contributed by atoms with Gasteiger partial charge < -0.3 is 9.84 Å². The molecule has 2 rings (SSSR count). The highest BCUT2D eigenvalue weighted by Gasteiger charge is 2.24. The summed E-state index contributed by atoms with van der Waals surface area (Å²) >= 11 is 0. The molecule has 0 saturated heterocycles. The van der Waals surface area contributed by atoms with Crippen LogP contribution >= 0.6 is 0 Å². The minimum atomic E-state index is -1.29. The Labute approximate surface area is 122 Å². The van der Waals surface area contributed by atoms with Gasteiger partial charge in [-0.2, -0.15) is 0 Å². The maximum atomic E-state index is 11.3. The highest BCUT2D eigenvalue weighted by molar-refractivity contribution is 5.94. The van der Waals surface area contributed by atoms with Gasteiger partial charge in [0.25, 0.3) is 5.69 Å². The molecule has 1 aromatic rings. The van der Waals surface area contributed by atoms with Crippen LogP contribution in [0, 0.1) is 10.1 Å². The van der Waals surface area contributed by atoms with Gasteiger partial charge in [-0.25, -0.2) is 4.79 Å². The van der Waals surface area contributed by atoms with Crippen LogP contribution in [-0.2, 0) is 11.3 Å². The molecule has 0 radical (unpaired) electrons. The first kappa shape index (κ1) is 15.4. The minimum Gasteiger partial charge on any atom is -0.477 e. The van der Waals surface area contributed by atoms with Crippen LogP contribution in [0.2, 0.25) is 0 Å². The van der Waals surface area contributed by atoms with Crippen LogP contribution in [-0.4, -0.2) is 22.1 Å². The summed E-state index contributed by atoms with van der Waals surface area (Å²) in [7, 11) is 0. The summed E-state index contributed by atoms with van der Waals surface area (Å²) in [5, 5.41) is 20.1. The topological polar surface area (TPSA) is 89.7 Å². The Morgan fingerprint density at radius 1 is 1.29 bits per heavy atom. The molecule has 0 heterocycles. The van der Waals surface area contributed by atoms with E-state index in [1.807, 2.05) is 0 Å². The summed E-state index contributed by atoms with van der Waals surface area (Å²) in [4.78, 5) is 21.6. The monoisotopic (exact) mass is 293 g/mol. The fourth-order valence-corrected chi connectivity index (χ4v) is 2.72. The Kier molecular flexibility index (Phi) is 5.27. The van der Waals surface area contributed by atoms with Gasteiger partial charge in [0.05, 0.1) is 17.6 Å². The van der Waals surface area contributed by atoms with E-state index in [9.17, 15) is 20.0 Å². The van der Waals surface area contributed by atoms with Crippen molar-refractivity contribution in [3.05, 3.63) is 39.4 Å². The predicted octanol–water partition coefficient (Wildman–Crippen LogP) is 3.53. The summed E-state index contributed by atoms with van der Waals surface area (Å²) in [6.45, 7) is 0.105. The van der Waals surface area contributed by atoms with Crippen LogP contribution in [0.15, 0.2) is 18.2 Å². The summed E-state index contributed by atoms with van der Waals surface area (Å²) in [6.07, 6.45) is 6.70. The average molecular weight is 293 g/mol. The lowest BCUT2D eigenvalue weighted by Crippen LogP contribution is -2.14. The molecule has 0 unspecified atom stereocenters. The Bertz CT molecular complexity index is 521. The number of benzene rings is 1. The second-order valence-electron chi connectivity index (χ2n) is 5.30. The van der Waals surface area contributed by atoms with E-state index < -0.39 is 10.9 Å². The molecule has 0 amide bonds. The third kappa shape index (κ3) is 4.01. The molecule has 0 spiro atoms. The number of carboxylic acid groups (broad SMARTS) is 1. The van der Waals surface area contributed by atoms with Crippen molar-refractivity contribution in [3.8, 4) is 0 Å². The first-order valence-electron chi connectivity index (χ1n) is 7.20. The van der Waals surface area contributed by atoms with Crippen molar-refractivity contribution >= 4 is 11.7 Å². The maximum absolute atomic E-state index is 11.3. The zero-order valence-electron chi connectivity index (χ0n) is 11.8. The average Bonchev–Trinajstić information content (AvgIpc) is 2.73. The SMILES string of the molecule is O=C(O)c1c(COC2CCCCCC2)cccc1[N+](=O)[O-]. The van der Waals surface area contributed by atoms with E-state index >= 15 is 0 Å². The molecule has 1 aliphatic carbocycles. The molecule has 6 nitrogen and oxygen atoms in total. The number of nitrogens with zero attached hydrogens (tertiary/aromatic N) is 1. The molecule has 114 valence electrons. The summed E-state index contributed by atoms with van der Waals surface area (Å²) in [5.41, 5.74) is -0.290. The van der Waals surface area contributed by atoms with Gasteiger partial charge in [0.1, 0.15) is 5.56 Å². The van der Waals surface area contributed by atoms with Crippen LogP contribution in [0.25, 0.3) is 0 Å². The molecule has 0 atom stereocenters. The second kappa shape index (κ2) is 7.17. The van der Waals surface area contributed by atoms with E-state index in [-0.39, 0.29) is 24.0 Å². The number of hydrogen-bond donors (Lipinski definition) is 1. The van der Waals surface area contributed by atoms with Crippen molar-refractivity contribution < 1.29 is 19.6 Å². The van der Waals surface area contributed by atoms with Gasteiger partial charge in [-0.15, -0.1) is 0 Å². The van der Waals surface area contributed by atoms with Gasteiger partial charge >= 0.3 is 5.97 Å². The van der Waals surface area contributed by atoms with E-state index in [4.69, 9.17) is 4.74 Å². The van der Waals surface area contributed by atoms with Gasteiger partial charge in [0.15, 0.2) is 0 Å². The van der Waals surface area contributed by atoms with E-state index in [1.165, 1.54) is 25.0 Å². The number of carbonyl (C=O) groups is 1. The van der Waals surface area contributed by atoms with Crippen LogP contribution in [0.4, 0.5) is 5.69 Å². The zero-order chi connectivity index (χ0) is 15.2. The lowest BCUT2D eigenvalue weighted by molar-refractivity contribution is -0.385. The predicted molar refractivity (Wildman–Crippen MR) is 76.3 cm³/mol. The third-order valence-corrected chi connectivity index (χ3v) is 3.82. The number of ether oxygens (including phenoxy) is 1. The molecule has 1 aromatic carbocycles. The van der Waals surface area contributed by atoms with Crippen molar-refractivity contribution in [2.45, 2.75) is 51.2 Å². The summed E-state index contributed by atoms with van der Waals surface area (Å²) < 4.78 is 5.79. The molecular weight excluding hydrogens is 274 g/mol. The van der Waals surface area contributed by atoms with Gasteiger partial charge in [0.2, 0.25) is 0 Å². The maximum Gasteiger partial charge on any atom is 0.343 e. The number of nitro groups is 1. The van der Waals surface area contributed by atoms with Crippen LogP contribution < -0.4 is 0 Å². The summed E-state index contributed by atoms with van der Waals surface area (Å²) in [6, 6.07) is 4.28. The second-order valence-corrected chi connectivity index (χ2v) is 5.30. The Morgan fingerprint density at radius 3 is 2.52 bits per heavy atom. The molecule has 0 aromatic heterocycles. The molecular formula is C15H19NO5. The highest BCUT2D eigenvalue weighted by atomic mass is 16.6. The smallest absolute Gasteiger partial charge is 0.343 e. The lowest BCUT2D eigenvalue weighted by atomic mass is 10.1. The van der Waals surface area contributed by atoms with E-state index in [0.29, 0.717) is 5.56 Å². The molecule has 1 N–H and O–H groups in total. The lowest BCUT2D eigenvalue weighted by Gasteiger charge is -2.16. The highest BCUT2D eigenvalue weighted by Crippen LogP contribution is 2.25. The Hall–Kier alpha value is -1.95. The quantitative estimate of drug-likeness (QED) is 0.509. The molecule has 6 heteroatoms. The van der Waals surface area contributed by atoms with Crippen molar-refractivity contribution in [2.24, 2.45) is 0 Å². The molecule has 0 aliphatic heterocycles. The number of nitro benzene ring substituents is 1. The minimum absolute atomic E-state index is 0.105. The fourth-order valence-electron chi connectivity index (χ4n) is 2.72. The normalized spacial score (nSPS) is 16.4. The molecule has 21 heavy (non-hydrogen) atoms. The van der Waals surface area contributed by atoms with Crippen LogP contribution in [0.3, 0.4) is 0 Å². The number of rotatable bonds is 5. The fraction of sp³-hybridized carbons (Fsp3) is 0.533. The van der Waals surface area contributed by atoms with Crippen LogP contribution in [0.5, 0.6) is 0 Å². The molecule has 1 fully saturated rings. The first-order chi connectivity index (χ1) is 10.1. The number of hydrogen-bond acceptors (Lipinski definition) is 4. The number of carboxylic acids is 1. The largest absolute Gasteiger partial charge is 0.477 e. The van der Waals surface area contributed by atoms with Gasteiger partial charge in [-0.3, -0.25) is 10.1 Å². The Balaban J connectivity index is 2.13. The van der Waals surface area contributed by atoms with Crippen molar-refractivity contribution in [1.29, 1.82) is 0 Å². The van der Waals surface area contributed by atoms with E-state index in [0.717, 1.165) is 25.7 Å². The molecule has 1 saturated carbocycles. The Morgan fingerprint density at radius 2 is 1.95 bits per heavy atom. The third-order valence-electron chi connectivity index (χ3n) is 3.82. The van der Waals surface area contributed by atoms with Crippen LogP contribution in [0.1, 0.15) is 54.4 Å². The molecule has 0 bridgehead atoms. The summed E-state index contributed by atoms with van der Waals surface area (Å²) in [5.74, 6) is -1.29. The van der Waals surface area contributed by atoms with Crippen molar-refractivity contribution in [3.63, 3.8) is 0 Å². The molecule has 1 aliphatic rings. The zero-order valence-corrected chi connectivity index (χ0v) is 11.8. The van der Waals surface area contributed by atoms with Gasteiger partial charge in [0, 0.05) is 6.07 Å². The first-order valence-corrected chi connectivity index (χ1v) is 7.20. The number of aromatic carboxylic acids is 1. The van der Waals surface area contributed by atoms with E-state index in [2.05, 4.69) is 0 Å². The van der Waals surface area contributed by atoms with Crippen molar-refractivity contribution in [2.75, 3.05) is 0 Å².